The summed E-state index contributed by atoms with van der Waals surface area (Å²) in [5.74, 6) is 1.36. The predicted octanol–water partition coefficient (Wildman–Crippen LogP) is 3.58. The SMILES string of the molecule is COc1ncncc1[C@@H](c1ccc(C)cc1)C(C)C. The van der Waals surface area contributed by atoms with Gasteiger partial charge in [0.1, 0.15) is 6.33 Å². The molecule has 1 atom stereocenters. The molecule has 3 nitrogen and oxygen atoms in total. The van der Waals surface area contributed by atoms with Crippen LogP contribution in [0.15, 0.2) is 36.8 Å². The number of aromatic nitrogens is 2. The number of rotatable bonds is 4. The number of hydrogen-bond acceptors (Lipinski definition) is 3. The summed E-state index contributed by atoms with van der Waals surface area (Å²) in [7, 11) is 1.65. The first-order valence-corrected chi connectivity index (χ1v) is 6.54. The van der Waals surface area contributed by atoms with Gasteiger partial charge in [-0.3, -0.25) is 0 Å². The van der Waals surface area contributed by atoms with Crippen molar-refractivity contribution in [2.45, 2.75) is 26.7 Å². The first-order chi connectivity index (χ1) is 9.13. The maximum atomic E-state index is 5.37. The van der Waals surface area contributed by atoms with Crippen LogP contribution in [0.4, 0.5) is 0 Å². The first kappa shape index (κ1) is 13.5. The van der Waals surface area contributed by atoms with Crippen LogP contribution in [0, 0.1) is 12.8 Å². The van der Waals surface area contributed by atoms with Crippen molar-refractivity contribution in [1.29, 1.82) is 0 Å². The van der Waals surface area contributed by atoms with Crippen LogP contribution in [0.1, 0.15) is 36.5 Å². The van der Waals surface area contributed by atoms with Gasteiger partial charge in [0.2, 0.25) is 5.88 Å². The molecule has 1 aromatic heterocycles. The summed E-state index contributed by atoms with van der Waals surface area (Å²) in [6.07, 6.45) is 3.38. The van der Waals surface area contributed by atoms with Crippen molar-refractivity contribution in [2.24, 2.45) is 5.92 Å². The van der Waals surface area contributed by atoms with Crippen LogP contribution in [-0.2, 0) is 0 Å². The molecule has 1 aromatic carbocycles. The zero-order chi connectivity index (χ0) is 13.8. The molecule has 1 heterocycles. The zero-order valence-corrected chi connectivity index (χ0v) is 11.9. The first-order valence-electron chi connectivity index (χ1n) is 6.54. The smallest absolute Gasteiger partial charge is 0.219 e. The fourth-order valence-corrected chi connectivity index (χ4v) is 2.41. The number of benzene rings is 1. The van der Waals surface area contributed by atoms with Crippen molar-refractivity contribution >= 4 is 0 Å². The quantitative estimate of drug-likeness (QED) is 0.838. The standard InChI is InChI=1S/C16H20N2O/c1-11(2)15(13-7-5-12(3)6-8-13)14-9-17-10-18-16(14)19-4/h5-11,15H,1-4H3/t15-/m1/s1. The third-order valence-electron chi connectivity index (χ3n) is 3.33. The Bertz CT molecular complexity index is 535. The molecule has 0 aliphatic heterocycles. The monoisotopic (exact) mass is 256 g/mol. The summed E-state index contributed by atoms with van der Waals surface area (Å²) >= 11 is 0. The Kier molecular flexibility index (Phi) is 4.15. The van der Waals surface area contributed by atoms with E-state index in [4.69, 9.17) is 4.74 Å². The minimum atomic E-state index is 0.247. The third-order valence-corrected chi connectivity index (χ3v) is 3.33. The van der Waals surface area contributed by atoms with Crippen LogP contribution in [-0.4, -0.2) is 17.1 Å². The largest absolute Gasteiger partial charge is 0.481 e. The Morgan fingerprint density at radius 2 is 1.79 bits per heavy atom. The van der Waals surface area contributed by atoms with Crippen molar-refractivity contribution in [2.75, 3.05) is 7.11 Å². The molecule has 0 fully saturated rings. The van der Waals surface area contributed by atoms with Gasteiger partial charge in [0, 0.05) is 17.7 Å². The molecule has 19 heavy (non-hydrogen) atoms. The summed E-state index contributed by atoms with van der Waals surface area (Å²) < 4.78 is 5.37. The topological polar surface area (TPSA) is 35.0 Å². The summed E-state index contributed by atoms with van der Waals surface area (Å²) in [6, 6.07) is 8.63. The number of aryl methyl sites for hydroxylation is 1. The second-order valence-corrected chi connectivity index (χ2v) is 5.12. The highest BCUT2D eigenvalue weighted by atomic mass is 16.5. The van der Waals surface area contributed by atoms with Crippen LogP contribution >= 0.6 is 0 Å². The van der Waals surface area contributed by atoms with E-state index in [-0.39, 0.29) is 5.92 Å². The molecule has 2 rings (SSSR count). The molecule has 0 aliphatic rings. The number of nitrogens with zero attached hydrogens (tertiary/aromatic N) is 2. The molecule has 2 aromatic rings. The fourth-order valence-electron chi connectivity index (χ4n) is 2.41. The lowest BCUT2D eigenvalue weighted by molar-refractivity contribution is 0.383. The average Bonchev–Trinajstić information content (AvgIpc) is 2.41. The van der Waals surface area contributed by atoms with Gasteiger partial charge in [0.15, 0.2) is 0 Å². The van der Waals surface area contributed by atoms with E-state index in [2.05, 4.69) is 55.0 Å². The molecule has 0 bridgehead atoms. The lowest BCUT2D eigenvalue weighted by atomic mass is 9.83. The highest BCUT2D eigenvalue weighted by Crippen LogP contribution is 2.35. The van der Waals surface area contributed by atoms with Crippen molar-refractivity contribution in [3.05, 3.63) is 53.5 Å². The lowest BCUT2D eigenvalue weighted by Gasteiger charge is -2.22. The second-order valence-electron chi connectivity index (χ2n) is 5.12. The lowest BCUT2D eigenvalue weighted by Crippen LogP contribution is -2.11. The van der Waals surface area contributed by atoms with Crippen molar-refractivity contribution in [3.8, 4) is 5.88 Å². The van der Waals surface area contributed by atoms with Crippen molar-refractivity contribution < 1.29 is 4.74 Å². The summed E-state index contributed by atoms with van der Waals surface area (Å²) in [5.41, 5.74) is 3.58. The maximum absolute atomic E-state index is 5.37. The van der Waals surface area contributed by atoms with Gasteiger partial charge < -0.3 is 4.74 Å². The molecule has 0 amide bonds. The van der Waals surface area contributed by atoms with Crippen LogP contribution in [0.5, 0.6) is 5.88 Å². The molecule has 0 radical (unpaired) electrons. The Hall–Kier alpha value is -1.90. The minimum absolute atomic E-state index is 0.247. The summed E-state index contributed by atoms with van der Waals surface area (Å²) in [5, 5.41) is 0. The number of hydrogen-bond donors (Lipinski definition) is 0. The van der Waals surface area contributed by atoms with Gasteiger partial charge in [0.25, 0.3) is 0 Å². The van der Waals surface area contributed by atoms with E-state index in [1.165, 1.54) is 17.5 Å². The maximum Gasteiger partial charge on any atom is 0.219 e. The average molecular weight is 256 g/mol. The molecule has 0 saturated carbocycles. The third kappa shape index (κ3) is 2.92. The van der Waals surface area contributed by atoms with Crippen LogP contribution in [0.2, 0.25) is 0 Å². The molecule has 100 valence electrons. The van der Waals surface area contributed by atoms with Gasteiger partial charge in [0.05, 0.1) is 7.11 Å². The Morgan fingerprint density at radius 3 is 2.37 bits per heavy atom. The van der Waals surface area contributed by atoms with E-state index >= 15 is 0 Å². The van der Waals surface area contributed by atoms with Gasteiger partial charge in [-0.2, -0.15) is 0 Å². The molecule has 0 aliphatic carbocycles. The highest BCUT2D eigenvalue weighted by Gasteiger charge is 2.22. The van der Waals surface area contributed by atoms with Gasteiger partial charge in [-0.05, 0) is 18.4 Å². The van der Waals surface area contributed by atoms with Crippen LogP contribution in [0.25, 0.3) is 0 Å². The van der Waals surface area contributed by atoms with E-state index in [0.29, 0.717) is 11.8 Å². The normalized spacial score (nSPS) is 12.5. The number of methoxy groups -OCH3 is 1. The Morgan fingerprint density at radius 1 is 1.11 bits per heavy atom. The van der Waals surface area contributed by atoms with Gasteiger partial charge >= 0.3 is 0 Å². The van der Waals surface area contributed by atoms with E-state index in [1.54, 1.807) is 7.11 Å². The second kappa shape index (κ2) is 5.83. The molecule has 0 spiro atoms. The summed E-state index contributed by atoms with van der Waals surface area (Å²) in [4.78, 5) is 8.36. The summed E-state index contributed by atoms with van der Waals surface area (Å²) in [6.45, 7) is 6.51. The van der Waals surface area contributed by atoms with E-state index in [1.807, 2.05) is 6.20 Å². The predicted molar refractivity (Wildman–Crippen MR) is 76.4 cm³/mol. The van der Waals surface area contributed by atoms with Crippen molar-refractivity contribution in [1.82, 2.24) is 9.97 Å². The number of ether oxygens (including phenoxy) is 1. The highest BCUT2D eigenvalue weighted by molar-refractivity contribution is 5.37. The molecule has 3 heteroatoms. The van der Waals surface area contributed by atoms with Gasteiger partial charge in [-0.1, -0.05) is 43.7 Å². The van der Waals surface area contributed by atoms with Crippen LogP contribution < -0.4 is 4.74 Å². The Labute approximate surface area is 114 Å². The van der Waals surface area contributed by atoms with E-state index in [0.717, 1.165) is 5.56 Å². The molecular weight excluding hydrogens is 236 g/mol. The Balaban J connectivity index is 2.48. The van der Waals surface area contributed by atoms with Gasteiger partial charge in [-0.25, -0.2) is 9.97 Å². The molecule has 0 N–H and O–H groups in total. The van der Waals surface area contributed by atoms with Crippen molar-refractivity contribution in [3.63, 3.8) is 0 Å². The van der Waals surface area contributed by atoms with Crippen LogP contribution in [0.3, 0.4) is 0 Å². The fraction of sp³-hybridized carbons (Fsp3) is 0.375. The van der Waals surface area contributed by atoms with E-state index < -0.39 is 0 Å². The zero-order valence-electron chi connectivity index (χ0n) is 11.9. The molecule has 0 saturated heterocycles. The molecule has 0 unspecified atom stereocenters. The van der Waals surface area contributed by atoms with Gasteiger partial charge in [-0.15, -0.1) is 0 Å². The molecular formula is C16H20N2O. The minimum Gasteiger partial charge on any atom is -0.481 e. The van der Waals surface area contributed by atoms with E-state index in [9.17, 15) is 0 Å².